The molecule has 0 radical (unpaired) electrons. The molecule has 4 rings (SSSR count). The van der Waals surface area contributed by atoms with Gasteiger partial charge in [-0.05, 0) is 25.1 Å². The van der Waals surface area contributed by atoms with E-state index in [1.165, 1.54) is 35.5 Å². The molecule has 0 bridgehead atoms. The van der Waals surface area contributed by atoms with Gasteiger partial charge in [0.25, 0.3) is 0 Å². The molecule has 14 heteroatoms. The van der Waals surface area contributed by atoms with Gasteiger partial charge in [-0.15, -0.1) is 0 Å². The number of aromatic nitrogens is 3. The van der Waals surface area contributed by atoms with E-state index in [1.54, 1.807) is 23.0 Å². The van der Waals surface area contributed by atoms with Crippen molar-refractivity contribution in [1.29, 1.82) is 0 Å². The third-order valence-corrected chi connectivity index (χ3v) is 6.13. The largest absolute Gasteiger partial charge is 0.485 e. The van der Waals surface area contributed by atoms with E-state index >= 15 is 0 Å². The first-order valence-corrected chi connectivity index (χ1v) is 11.2. The van der Waals surface area contributed by atoms with Gasteiger partial charge >= 0.3 is 12.3 Å². The van der Waals surface area contributed by atoms with Crippen LogP contribution in [-0.2, 0) is 12.1 Å². The van der Waals surface area contributed by atoms with Crippen molar-refractivity contribution in [3.8, 4) is 5.75 Å². The van der Waals surface area contributed by atoms with E-state index in [1.807, 2.05) is 0 Å². The van der Waals surface area contributed by atoms with Crippen molar-refractivity contribution < 1.29 is 36.2 Å². The summed E-state index contributed by atoms with van der Waals surface area (Å²) in [6.07, 6.45) is -1.34. The summed E-state index contributed by atoms with van der Waals surface area (Å²) in [7, 11) is 0. The molecule has 8 nitrogen and oxygen atoms in total. The summed E-state index contributed by atoms with van der Waals surface area (Å²) >= 11 is 0. The molecule has 0 spiro atoms. The number of hydrogen-bond donors (Lipinski definition) is 2. The Bertz CT molecular complexity index is 1200. The second-order valence-corrected chi connectivity index (χ2v) is 8.54. The highest BCUT2D eigenvalue weighted by Gasteiger charge is 2.46. The Morgan fingerprint density at radius 2 is 1.89 bits per heavy atom. The second kappa shape index (κ2) is 10.6. The SMILES string of the molecule is C[C@@H](N1CNCN1c1ccccc1OCC(F)(F)C(F)F)[C@](O)(Cn1cncn1)c1ccc(F)cc1F. The number of alkyl halides is 4. The van der Waals surface area contributed by atoms with Crippen LogP contribution in [0.1, 0.15) is 12.5 Å². The number of para-hydroxylation sites is 2. The molecule has 2 atom stereocenters. The zero-order valence-electron chi connectivity index (χ0n) is 19.5. The van der Waals surface area contributed by atoms with Crippen molar-refractivity contribution in [1.82, 2.24) is 25.1 Å². The van der Waals surface area contributed by atoms with Crippen LogP contribution in [0, 0.1) is 11.6 Å². The topological polar surface area (TPSA) is 78.7 Å². The van der Waals surface area contributed by atoms with Crippen molar-refractivity contribution in [2.24, 2.45) is 0 Å². The molecule has 0 amide bonds. The first kappa shape index (κ1) is 26.7. The molecule has 2 heterocycles. The van der Waals surface area contributed by atoms with Crippen molar-refractivity contribution in [2.75, 3.05) is 25.0 Å². The van der Waals surface area contributed by atoms with E-state index in [-0.39, 0.29) is 36.9 Å². The number of halogens is 6. The number of nitrogens with zero attached hydrogens (tertiary/aromatic N) is 5. The minimum atomic E-state index is -4.36. The van der Waals surface area contributed by atoms with Crippen molar-refractivity contribution in [3.63, 3.8) is 0 Å². The normalized spacial score (nSPS) is 17.3. The van der Waals surface area contributed by atoms with Crippen LogP contribution in [0.5, 0.6) is 5.75 Å². The van der Waals surface area contributed by atoms with Gasteiger partial charge in [0.2, 0.25) is 0 Å². The van der Waals surface area contributed by atoms with Crippen molar-refractivity contribution in [2.45, 2.75) is 37.5 Å². The zero-order chi connectivity index (χ0) is 26.8. The Hall–Kier alpha value is -3.36. The average molecular weight is 530 g/mol. The molecule has 37 heavy (non-hydrogen) atoms. The standard InChI is InChI=1S/C23H24F6N6O2/c1-15(22(36,9-33-12-30-11-32-33)17-7-6-16(24)8-18(17)25)34-13-31-14-35(34)19-4-2-3-5-20(19)37-10-23(28,29)21(26)27/h2-8,11-12,15,21,31,36H,9-10,13-14H2,1H3/t15-,22-/m1/s1. The maximum atomic E-state index is 14.9. The lowest BCUT2D eigenvalue weighted by Gasteiger charge is -2.43. The van der Waals surface area contributed by atoms with Crippen LogP contribution in [0.2, 0.25) is 0 Å². The van der Waals surface area contributed by atoms with Crippen molar-refractivity contribution >= 4 is 5.69 Å². The molecule has 3 aromatic rings. The van der Waals surface area contributed by atoms with Crippen molar-refractivity contribution in [3.05, 3.63) is 72.3 Å². The Morgan fingerprint density at radius 1 is 1.14 bits per heavy atom. The highest BCUT2D eigenvalue weighted by Crippen LogP contribution is 2.38. The van der Waals surface area contributed by atoms with Crippen LogP contribution in [0.15, 0.2) is 55.1 Å². The fraction of sp³-hybridized carbons (Fsp3) is 0.391. The molecule has 0 unspecified atom stereocenters. The number of ether oxygens (including phenoxy) is 1. The number of benzene rings is 2. The molecular weight excluding hydrogens is 506 g/mol. The van der Waals surface area contributed by atoms with E-state index < -0.39 is 42.2 Å². The summed E-state index contributed by atoms with van der Waals surface area (Å²) < 4.78 is 87.3. The molecular formula is C23H24F6N6O2. The summed E-state index contributed by atoms with van der Waals surface area (Å²) in [4.78, 5) is 3.84. The Morgan fingerprint density at radius 3 is 2.57 bits per heavy atom. The number of hydrogen-bond acceptors (Lipinski definition) is 7. The maximum Gasteiger partial charge on any atom is 0.340 e. The molecule has 0 saturated carbocycles. The zero-order valence-corrected chi connectivity index (χ0v) is 19.5. The summed E-state index contributed by atoms with van der Waals surface area (Å²) in [5, 5.41) is 22.1. The van der Waals surface area contributed by atoms with Crippen LogP contribution < -0.4 is 15.1 Å². The molecule has 1 aliphatic heterocycles. The number of rotatable bonds is 10. The predicted molar refractivity (Wildman–Crippen MR) is 120 cm³/mol. The third-order valence-electron chi connectivity index (χ3n) is 6.13. The second-order valence-electron chi connectivity index (χ2n) is 8.54. The number of aliphatic hydroxyl groups is 1. The highest BCUT2D eigenvalue weighted by molar-refractivity contribution is 5.58. The van der Waals surface area contributed by atoms with E-state index in [0.717, 1.165) is 12.1 Å². The Labute approximate surface area is 208 Å². The van der Waals surface area contributed by atoms with Gasteiger partial charge in [0.1, 0.15) is 35.6 Å². The molecule has 2 N–H and O–H groups in total. The summed E-state index contributed by atoms with van der Waals surface area (Å²) in [6.45, 7) is 0.0376. The monoisotopic (exact) mass is 530 g/mol. The van der Waals surface area contributed by atoms with Gasteiger partial charge in [0, 0.05) is 11.6 Å². The smallest absolute Gasteiger partial charge is 0.340 e. The third kappa shape index (κ3) is 5.50. The van der Waals surface area contributed by atoms with Crippen LogP contribution in [0.25, 0.3) is 0 Å². The summed E-state index contributed by atoms with van der Waals surface area (Å²) in [6, 6.07) is 7.83. The van der Waals surface area contributed by atoms with Gasteiger partial charge in [0.05, 0.1) is 31.6 Å². The first-order chi connectivity index (χ1) is 17.5. The Balaban J connectivity index is 1.68. The quantitative estimate of drug-likeness (QED) is 0.390. The molecule has 2 aromatic carbocycles. The predicted octanol–water partition coefficient (Wildman–Crippen LogP) is 3.35. The van der Waals surface area contributed by atoms with Gasteiger partial charge in [-0.1, -0.05) is 18.2 Å². The van der Waals surface area contributed by atoms with Gasteiger partial charge in [-0.25, -0.2) is 27.2 Å². The number of nitrogens with one attached hydrogen (secondary N) is 1. The molecule has 1 fully saturated rings. The minimum absolute atomic E-state index is 0.100. The molecule has 0 aliphatic carbocycles. The lowest BCUT2D eigenvalue weighted by molar-refractivity contribution is -0.148. The van der Waals surface area contributed by atoms with Crippen LogP contribution in [-0.4, -0.2) is 63.2 Å². The van der Waals surface area contributed by atoms with E-state index in [2.05, 4.69) is 15.4 Å². The first-order valence-electron chi connectivity index (χ1n) is 11.2. The van der Waals surface area contributed by atoms with E-state index in [0.29, 0.717) is 6.07 Å². The number of anilines is 1. The van der Waals surface area contributed by atoms with Gasteiger partial charge in [-0.2, -0.15) is 18.9 Å². The highest BCUT2D eigenvalue weighted by atomic mass is 19.3. The summed E-state index contributed by atoms with van der Waals surface area (Å²) in [5.74, 6) is -6.27. The lowest BCUT2D eigenvalue weighted by Crippen LogP contribution is -2.55. The van der Waals surface area contributed by atoms with E-state index in [4.69, 9.17) is 4.74 Å². The molecule has 1 saturated heterocycles. The van der Waals surface area contributed by atoms with Gasteiger partial charge < -0.3 is 9.84 Å². The summed E-state index contributed by atoms with van der Waals surface area (Å²) in [5.41, 5.74) is -1.95. The van der Waals surface area contributed by atoms with E-state index in [9.17, 15) is 31.4 Å². The van der Waals surface area contributed by atoms with Crippen LogP contribution in [0.4, 0.5) is 32.0 Å². The van der Waals surface area contributed by atoms with Gasteiger partial charge in [-0.3, -0.25) is 10.3 Å². The minimum Gasteiger partial charge on any atom is -0.485 e. The Kier molecular flexibility index (Phi) is 7.62. The lowest BCUT2D eigenvalue weighted by atomic mass is 9.86. The fourth-order valence-corrected chi connectivity index (χ4v) is 4.14. The molecule has 1 aliphatic rings. The molecule has 200 valence electrons. The van der Waals surface area contributed by atoms with Crippen LogP contribution >= 0.6 is 0 Å². The fourth-order valence-electron chi connectivity index (χ4n) is 4.14. The number of hydrazine groups is 1. The van der Waals surface area contributed by atoms with Gasteiger partial charge in [0.15, 0.2) is 6.61 Å². The van der Waals surface area contributed by atoms with Crippen LogP contribution in [0.3, 0.4) is 0 Å². The average Bonchev–Trinajstić information content (AvgIpc) is 3.54. The molecule has 1 aromatic heterocycles. The maximum absolute atomic E-state index is 14.9.